The number of esters is 1. The number of hydrogen-bond acceptors (Lipinski definition) is 2. The Morgan fingerprint density at radius 2 is 1.83 bits per heavy atom. The van der Waals surface area contributed by atoms with Crippen molar-refractivity contribution in [2.45, 2.75) is 52.6 Å². The molecule has 0 amide bonds. The highest BCUT2D eigenvalue weighted by molar-refractivity contribution is 5.73. The SMILES string of the molecule is CCC1(CC)OC(=O)CC1(C)C. The summed E-state index contributed by atoms with van der Waals surface area (Å²) in [7, 11) is 0. The standard InChI is InChI=1S/C10H18O2/c1-5-10(6-2)9(3,4)7-8(11)12-10/h5-7H2,1-4H3. The topological polar surface area (TPSA) is 26.3 Å². The van der Waals surface area contributed by atoms with Crippen molar-refractivity contribution in [2.24, 2.45) is 5.41 Å². The third-order valence-electron chi connectivity index (χ3n) is 3.27. The molecule has 0 aromatic carbocycles. The van der Waals surface area contributed by atoms with Crippen molar-refractivity contribution in [2.75, 3.05) is 0 Å². The molecule has 1 fully saturated rings. The van der Waals surface area contributed by atoms with Gasteiger partial charge in [-0.05, 0) is 12.8 Å². The first kappa shape index (κ1) is 9.56. The van der Waals surface area contributed by atoms with Crippen molar-refractivity contribution in [3.05, 3.63) is 0 Å². The zero-order valence-corrected chi connectivity index (χ0v) is 8.44. The predicted molar refractivity (Wildman–Crippen MR) is 47.8 cm³/mol. The van der Waals surface area contributed by atoms with Gasteiger partial charge in [-0.25, -0.2) is 0 Å². The van der Waals surface area contributed by atoms with Crippen LogP contribution in [-0.2, 0) is 9.53 Å². The Hall–Kier alpha value is -0.530. The average molecular weight is 170 g/mol. The molecule has 2 heteroatoms. The molecule has 0 N–H and O–H groups in total. The van der Waals surface area contributed by atoms with E-state index in [4.69, 9.17) is 4.74 Å². The summed E-state index contributed by atoms with van der Waals surface area (Å²) in [5.41, 5.74) is -0.197. The Balaban J connectivity index is 2.94. The molecule has 1 aliphatic rings. The van der Waals surface area contributed by atoms with E-state index in [1.807, 2.05) is 0 Å². The molecule has 0 spiro atoms. The van der Waals surface area contributed by atoms with Gasteiger partial charge in [-0.1, -0.05) is 27.7 Å². The maximum absolute atomic E-state index is 11.2. The third kappa shape index (κ3) is 1.13. The second-order valence-corrected chi connectivity index (χ2v) is 4.24. The number of ether oxygens (including phenoxy) is 1. The molecular weight excluding hydrogens is 152 g/mol. The second kappa shape index (κ2) is 2.75. The average Bonchev–Trinajstić information content (AvgIpc) is 2.20. The maximum atomic E-state index is 11.2. The summed E-state index contributed by atoms with van der Waals surface area (Å²) >= 11 is 0. The van der Waals surface area contributed by atoms with Crippen molar-refractivity contribution in [1.29, 1.82) is 0 Å². The van der Waals surface area contributed by atoms with Gasteiger partial charge in [-0.15, -0.1) is 0 Å². The molecular formula is C10H18O2. The van der Waals surface area contributed by atoms with Gasteiger partial charge in [-0.3, -0.25) is 4.79 Å². The first-order chi connectivity index (χ1) is 5.47. The summed E-state index contributed by atoms with van der Waals surface area (Å²) in [6, 6.07) is 0. The monoisotopic (exact) mass is 170 g/mol. The first-order valence-corrected chi connectivity index (χ1v) is 4.69. The summed E-state index contributed by atoms with van der Waals surface area (Å²) in [5, 5.41) is 0. The second-order valence-electron chi connectivity index (χ2n) is 4.24. The molecule has 12 heavy (non-hydrogen) atoms. The van der Waals surface area contributed by atoms with Crippen LogP contribution in [0.2, 0.25) is 0 Å². The van der Waals surface area contributed by atoms with Crippen LogP contribution in [-0.4, -0.2) is 11.6 Å². The van der Waals surface area contributed by atoms with E-state index in [-0.39, 0.29) is 17.0 Å². The van der Waals surface area contributed by atoms with Crippen LogP contribution in [0.25, 0.3) is 0 Å². The molecule has 1 saturated heterocycles. The van der Waals surface area contributed by atoms with E-state index in [1.54, 1.807) is 0 Å². The lowest BCUT2D eigenvalue weighted by atomic mass is 9.72. The summed E-state index contributed by atoms with van der Waals surface area (Å²) in [5.74, 6) is -0.0382. The molecule has 0 unspecified atom stereocenters. The van der Waals surface area contributed by atoms with Gasteiger partial charge in [0.1, 0.15) is 5.60 Å². The van der Waals surface area contributed by atoms with E-state index in [0.29, 0.717) is 6.42 Å². The number of carbonyl (C=O) groups is 1. The quantitative estimate of drug-likeness (QED) is 0.595. The molecule has 0 saturated carbocycles. The minimum absolute atomic E-state index is 0.00752. The molecule has 0 bridgehead atoms. The lowest BCUT2D eigenvalue weighted by molar-refractivity contribution is -0.152. The number of hydrogen-bond donors (Lipinski definition) is 0. The lowest BCUT2D eigenvalue weighted by Gasteiger charge is -2.37. The van der Waals surface area contributed by atoms with Crippen molar-refractivity contribution >= 4 is 5.97 Å². The van der Waals surface area contributed by atoms with Gasteiger partial charge in [0.15, 0.2) is 0 Å². The highest BCUT2D eigenvalue weighted by Gasteiger charge is 2.52. The minimum Gasteiger partial charge on any atom is -0.458 e. The molecule has 1 heterocycles. The molecule has 1 rings (SSSR count). The smallest absolute Gasteiger partial charge is 0.307 e. The van der Waals surface area contributed by atoms with E-state index in [1.165, 1.54) is 0 Å². The highest BCUT2D eigenvalue weighted by Crippen LogP contribution is 2.47. The molecule has 70 valence electrons. The van der Waals surface area contributed by atoms with E-state index in [0.717, 1.165) is 12.8 Å². The molecule has 1 aliphatic heterocycles. The number of carbonyl (C=O) groups excluding carboxylic acids is 1. The summed E-state index contributed by atoms with van der Waals surface area (Å²) in [6.45, 7) is 8.41. The van der Waals surface area contributed by atoms with Gasteiger partial charge in [0.2, 0.25) is 0 Å². The van der Waals surface area contributed by atoms with Gasteiger partial charge in [0.05, 0.1) is 6.42 Å². The predicted octanol–water partition coefficient (Wildman–Crippen LogP) is 2.52. The summed E-state index contributed by atoms with van der Waals surface area (Å²) in [4.78, 5) is 11.2. The van der Waals surface area contributed by atoms with Crippen LogP contribution >= 0.6 is 0 Å². The largest absolute Gasteiger partial charge is 0.458 e. The van der Waals surface area contributed by atoms with Crippen molar-refractivity contribution in [1.82, 2.24) is 0 Å². The van der Waals surface area contributed by atoms with Crippen LogP contribution in [0.4, 0.5) is 0 Å². The van der Waals surface area contributed by atoms with Gasteiger partial charge in [0.25, 0.3) is 0 Å². The van der Waals surface area contributed by atoms with E-state index in [9.17, 15) is 4.79 Å². The Morgan fingerprint density at radius 1 is 1.33 bits per heavy atom. The number of rotatable bonds is 2. The highest BCUT2D eigenvalue weighted by atomic mass is 16.6. The van der Waals surface area contributed by atoms with E-state index < -0.39 is 0 Å². The molecule has 0 atom stereocenters. The summed E-state index contributed by atoms with van der Waals surface area (Å²) in [6.07, 6.45) is 2.40. The van der Waals surface area contributed by atoms with Crippen LogP contribution in [0.15, 0.2) is 0 Å². The zero-order valence-electron chi connectivity index (χ0n) is 8.44. The molecule has 2 nitrogen and oxygen atoms in total. The van der Waals surface area contributed by atoms with Crippen LogP contribution in [0, 0.1) is 5.41 Å². The fourth-order valence-electron chi connectivity index (χ4n) is 2.27. The Morgan fingerprint density at radius 3 is 2.00 bits per heavy atom. The van der Waals surface area contributed by atoms with Crippen molar-refractivity contribution < 1.29 is 9.53 Å². The van der Waals surface area contributed by atoms with Gasteiger partial charge < -0.3 is 4.74 Å². The zero-order chi connectivity index (χ0) is 9.41. The van der Waals surface area contributed by atoms with Gasteiger partial charge >= 0.3 is 5.97 Å². The third-order valence-corrected chi connectivity index (χ3v) is 3.27. The van der Waals surface area contributed by atoms with Crippen LogP contribution in [0.1, 0.15) is 47.0 Å². The van der Waals surface area contributed by atoms with E-state index >= 15 is 0 Å². The maximum Gasteiger partial charge on any atom is 0.307 e. The van der Waals surface area contributed by atoms with Crippen LogP contribution in [0.5, 0.6) is 0 Å². The van der Waals surface area contributed by atoms with Gasteiger partial charge in [-0.2, -0.15) is 0 Å². The number of cyclic esters (lactones) is 1. The van der Waals surface area contributed by atoms with E-state index in [2.05, 4.69) is 27.7 Å². The normalized spacial score (nSPS) is 25.5. The van der Waals surface area contributed by atoms with Crippen molar-refractivity contribution in [3.63, 3.8) is 0 Å². The van der Waals surface area contributed by atoms with Crippen LogP contribution in [0.3, 0.4) is 0 Å². The fraction of sp³-hybridized carbons (Fsp3) is 0.900. The summed E-state index contributed by atoms with van der Waals surface area (Å²) < 4.78 is 5.42. The lowest BCUT2D eigenvalue weighted by Crippen LogP contribution is -2.40. The van der Waals surface area contributed by atoms with Crippen LogP contribution < -0.4 is 0 Å². The molecule has 0 aliphatic carbocycles. The Labute approximate surface area is 74.3 Å². The fourth-order valence-corrected chi connectivity index (χ4v) is 2.27. The molecule has 0 aromatic heterocycles. The van der Waals surface area contributed by atoms with Crippen molar-refractivity contribution in [3.8, 4) is 0 Å². The van der Waals surface area contributed by atoms with Gasteiger partial charge in [0, 0.05) is 5.41 Å². The molecule has 0 radical (unpaired) electrons. The Bertz CT molecular complexity index is 190. The minimum atomic E-state index is -0.204. The Kier molecular flexibility index (Phi) is 2.19. The first-order valence-electron chi connectivity index (χ1n) is 4.69. The molecule has 0 aromatic rings.